The van der Waals surface area contributed by atoms with Crippen LogP contribution in [-0.4, -0.2) is 45.4 Å². The molecule has 4 saturated carbocycles. The summed E-state index contributed by atoms with van der Waals surface area (Å²) in [6.45, 7) is 5.72. The molecular formula is C28H34N6O2. The lowest BCUT2D eigenvalue weighted by Crippen LogP contribution is -2.62. The van der Waals surface area contributed by atoms with E-state index in [1.54, 1.807) is 12.5 Å². The highest BCUT2D eigenvalue weighted by Gasteiger charge is 2.61. The number of aromatic nitrogens is 2. The molecule has 4 aliphatic carbocycles. The first-order valence-electron chi connectivity index (χ1n) is 13.1. The Morgan fingerprint density at radius 2 is 1.94 bits per heavy atom. The van der Waals surface area contributed by atoms with E-state index in [0.29, 0.717) is 30.4 Å². The Hall–Kier alpha value is -3.34. The van der Waals surface area contributed by atoms with E-state index in [4.69, 9.17) is 10.5 Å². The zero-order valence-corrected chi connectivity index (χ0v) is 21.0. The van der Waals surface area contributed by atoms with Gasteiger partial charge in [0.15, 0.2) is 0 Å². The topological polar surface area (TPSA) is 110 Å². The van der Waals surface area contributed by atoms with Crippen LogP contribution in [-0.2, 0) is 4.79 Å². The maximum absolute atomic E-state index is 12.4. The quantitative estimate of drug-likeness (QED) is 0.625. The third-order valence-corrected chi connectivity index (χ3v) is 9.64. The second kappa shape index (κ2) is 8.36. The Labute approximate surface area is 212 Å². The Bertz CT molecular complexity index is 1200. The standard InChI is InChI=1S/C28H34N6O2/c1-27(2)21(15-36-23-5-3-22(4-6-23)33-8-7-31-17-33)14-34(26(27)32-16-29)24-19-9-18-10-20(24)13-28(11-18,12-19)25(30)35/h3-8,17-21,24H,9-15H2,1-2H3,(H2,30,35)/b32-26-. The maximum atomic E-state index is 12.4. The Balaban J connectivity index is 1.20. The number of rotatable bonds is 6. The molecule has 0 spiro atoms. The van der Waals surface area contributed by atoms with E-state index in [1.807, 2.05) is 35.0 Å². The van der Waals surface area contributed by atoms with Gasteiger partial charge in [0, 0.05) is 47.4 Å². The van der Waals surface area contributed by atoms with Crippen LogP contribution in [0.1, 0.15) is 46.0 Å². The molecule has 2 aromatic rings. The van der Waals surface area contributed by atoms with Gasteiger partial charge in [-0.05, 0) is 74.1 Å². The van der Waals surface area contributed by atoms with E-state index in [9.17, 15) is 10.1 Å². The van der Waals surface area contributed by atoms with Crippen molar-refractivity contribution < 1.29 is 9.53 Å². The van der Waals surface area contributed by atoms with Gasteiger partial charge in [-0.3, -0.25) is 4.79 Å². The van der Waals surface area contributed by atoms with Crippen molar-refractivity contribution in [2.45, 2.75) is 52.0 Å². The number of imidazole rings is 1. The predicted octanol–water partition coefficient (Wildman–Crippen LogP) is 3.77. The molecule has 1 saturated heterocycles. The third kappa shape index (κ3) is 3.59. The first-order valence-corrected chi connectivity index (χ1v) is 13.1. The summed E-state index contributed by atoms with van der Waals surface area (Å²) in [7, 11) is 0. The Morgan fingerprint density at radius 3 is 2.56 bits per heavy atom. The van der Waals surface area contributed by atoms with Crippen LogP contribution >= 0.6 is 0 Å². The second-order valence-corrected chi connectivity index (χ2v) is 12.0. The molecule has 3 atom stereocenters. The fourth-order valence-electron chi connectivity index (χ4n) is 8.02. The van der Waals surface area contributed by atoms with Crippen molar-refractivity contribution in [1.29, 1.82) is 5.26 Å². The molecule has 8 nitrogen and oxygen atoms in total. The number of hydrogen-bond acceptors (Lipinski definition) is 5. The number of carbonyl (C=O) groups is 1. The van der Waals surface area contributed by atoms with E-state index in [1.165, 1.54) is 0 Å². The molecule has 4 bridgehead atoms. The highest BCUT2D eigenvalue weighted by molar-refractivity contribution is 5.91. The number of ether oxygens (including phenoxy) is 1. The Kier molecular flexibility index (Phi) is 5.36. The van der Waals surface area contributed by atoms with Crippen LogP contribution in [0.4, 0.5) is 0 Å². The zero-order valence-electron chi connectivity index (χ0n) is 21.0. The lowest BCUT2D eigenvalue weighted by molar-refractivity contribution is -0.149. The van der Waals surface area contributed by atoms with Gasteiger partial charge in [0.25, 0.3) is 0 Å². The van der Waals surface area contributed by atoms with Crippen LogP contribution in [0.2, 0.25) is 0 Å². The van der Waals surface area contributed by atoms with Crippen LogP contribution in [0.5, 0.6) is 5.75 Å². The minimum atomic E-state index is -0.319. The van der Waals surface area contributed by atoms with E-state index in [0.717, 1.165) is 55.9 Å². The molecule has 188 valence electrons. The third-order valence-electron chi connectivity index (χ3n) is 9.64. The molecule has 0 radical (unpaired) electrons. The fourth-order valence-corrected chi connectivity index (χ4v) is 8.02. The van der Waals surface area contributed by atoms with Gasteiger partial charge in [-0.2, -0.15) is 10.3 Å². The molecule has 1 aromatic carbocycles. The highest BCUT2D eigenvalue weighted by atomic mass is 16.5. The summed E-state index contributed by atoms with van der Waals surface area (Å²) in [4.78, 5) is 23.3. The number of aliphatic imine (C=N–C) groups is 1. The van der Waals surface area contributed by atoms with Gasteiger partial charge in [-0.25, -0.2) is 4.98 Å². The van der Waals surface area contributed by atoms with Gasteiger partial charge in [-0.1, -0.05) is 13.8 Å². The van der Waals surface area contributed by atoms with E-state index < -0.39 is 0 Å². The van der Waals surface area contributed by atoms with Gasteiger partial charge < -0.3 is 19.9 Å². The van der Waals surface area contributed by atoms with Gasteiger partial charge >= 0.3 is 0 Å². The largest absolute Gasteiger partial charge is 0.493 e. The number of nitrogens with zero attached hydrogens (tertiary/aromatic N) is 5. The van der Waals surface area contributed by atoms with Gasteiger partial charge in [0.05, 0.1) is 12.9 Å². The summed E-state index contributed by atoms with van der Waals surface area (Å²) in [5.74, 6) is 3.24. The van der Waals surface area contributed by atoms with E-state index in [2.05, 4.69) is 34.9 Å². The Morgan fingerprint density at radius 1 is 1.22 bits per heavy atom. The molecule has 7 rings (SSSR count). The number of nitrogens with two attached hydrogens (primary N) is 1. The van der Waals surface area contributed by atoms with E-state index >= 15 is 0 Å². The number of amides is 1. The normalized spacial score (nSPS) is 35.2. The SMILES string of the molecule is CC1(C)/C(=N/C#N)N(C2C3CC4CC2CC(C(N)=O)(C4)C3)CC1COc1ccc(-n2ccnc2)cc1. The predicted molar refractivity (Wildman–Crippen MR) is 135 cm³/mol. The van der Waals surface area contributed by atoms with Crippen molar-refractivity contribution in [3.63, 3.8) is 0 Å². The molecule has 3 unspecified atom stereocenters. The lowest BCUT2D eigenvalue weighted by atomic mass is 9.47. The van der Waals surface area contributed by atoms with Crippen LogP contribution in [0.25, 0.3) is 5.69 Å². The molecule has 2 heterocycles. The number of likely N-dealkylation sites (tertiary alicyclic amines) is 1. The van der Waals surface area contributed by atoms with Gasteiger partial charge in [0.1, 0.15) is 11.6 Å². The van der Waals surface area contributed by atoms with Crippen LogP contribution in [0, 0.1) is 46.0 Å². The lowest BCUT2D eigenvalue weighted by Gasteiger charge is -2.60. The summed E-state index contributed by atoms with van der Waals surface area (Å²) in [5, 5.41) is 9.58. The first kappa shape index (κ1) is 23.1. The maximum Gasteiger partial charge on any atom is 0.223 e. The average molecular weight is 487 g/mol. The number of benzene rings is 1. The molecule has 36 heavy (non-hydrogen) atoms. The zero-order chi connectivity index (χ0) is 25.1. The summed E-state index contributed by atoms with van der Waals surface area (Å²) < 4.78 is 8.23. The molecule has 5 aliphatic rings. The number of carbonyl (C=O) groups excluding carboxylic acids is 1. The van der Waals surface area contributed by atoms with Crippen molar-refractivity contribution >= 4 is 11.7 Å². The average Bonchev–Trinajstić information content (AvgIpc) is 3.46. The van der Waals surface area contributed by atoms with Crippen LogP contribution in [0.15, 0.2) is 48.0 Å². The molecule has 2 N–H and O–H groups in total. The smallest absolute Gasteiger partial charge is 0.223 e. The molecule has 1 aromatic heterocycles. The summed E-state index contributed by atoms with van der Waals surface area (Å²) in [5.41, 5.74) is 6.35. The van der Waals surface area contributed by atoms with Crippen LogP contribution in [0.3, 0.4) is 0 Å². The van der Waals surface area contributed by atoms with Crippen molar-refractivity contribution in [2.24, 2.45) is 45.2 Å². The molecule has 1 amide bonds. The van der Waals surface area contributed by atoms with Crippen molar-refractivity contribution in [3.05, 3.63) is 43.0 Å². The van der Waals surface area contributed by atoms with Gasteiger partial charge in [-0.15, -0.1) is 0 Å². The van der Waals surface area contributed by atoms with Crippen molar-refractivity contribution in [1.82, 2.24) is 14.5 Å². The van der Waals surface area contributed by atoms with Gasteiger partial charge in [0.2, 0.25) is 12.1 Å². The molecule has 8 heteroatoms. The fraction of sp³-hybridized carbons (Fsp3) is 0.571. The number of amidine groups is 1. The summed E-state index contributed by atoms with van der Waals surface area (Å²) >= 11 is 0. The van der Waals surface area contributed by atoms with Crippen LogP contribution < -0.4 is 10.5 Å². The minimum Gasteiger partial charge on any atom is -0.493 e. The summed E-state index contributed by atoms with van der Waals surface area (Å²) in [6, 6.07) is 8.34. The number of primary amides is 1. The minimum absolute atomic E-state index is 0.113. The first-order chi connectivity index (χ1) is 17.3. The monoisotopic (exact) mass is 486 g/mol. The van der Waals surface area contributed by atoms with Crippen molar-refractivity contribution in [3.8, 4) is 17.6 Å². The number of nitriles is 1. The molecule has 5 fully saturated rings. The second-order valence-electron chi connectivity index (χ2n) is 12.0. The summed E-state index contributed by atoms with van der Waals surface area (Å²) in [6.07, 6.45) is 12.5. The van der Waals surface area contributed by atoms with Crippen molar-refractivity contribution in [2.75, 3.05) is 13.2 Å². The number of hydrogen-bond donors (Lipinski definition) is 1. The highest BCUT2D eigenvalue weighted by Crippen LogP contribution is 2.62. The molecule has 1 aliphatic heterocycles. The molecular weight excluding hydrogens is 452 g/mol. The van der Waals surface area contributed by atoms with E-state index in [-0.39, 0.29) is 22.7 Å².